The first-order chi connectivity index (χ1) is 13.5. The van der Waals surface area contributed by atoms with E-state index in [-0.39, 0.29) is 5.04 Å². The van der Waals surface area contributed by atoms with Crippen LogP contribution in [0.2, 0.25) is 5.04 Å². The van der Waals surface area contributed by atoms with Gasteiger partial charge in [-0.3, -0.25) is 0 Å². The summed E-state index contributed by atoms with van der Waals surface area (Å²) in [4.78, 5) is 5.65. The van der Waals surface area contributed by atoms with E-state index >= 15 is 0 Å². The maximum absolute atomic E-state index is 6.98. The van der Waals surface area contributed by atoms with Gasteiger partial charge in [-0.2, -0.15) is 0 Å². The van der Waals surface area contributed by atoms with Crippen molar-refractivity contribution < 1.29 is 9.26 Å². The lowest BCUT2D eigenvalue weighted by Crippen LogP contribution is -2.66. The molecule has 0 spiro atoms. The Morgan fingerprint density at radius 2 is 1.57 bits per heavy atom. The summed E-state index contributed by atoms with van der Waals surface area (Å²) in [5, 5.41) is 7.07. The van der Waals surface area contributed by atoms with Crippen LogP contribution in [0.25, 0.3) is 0 Å². The summed E-state index contributed by atoms with van der Waals surface area (Å²) in [6.45, 7) is 7.66. The largest absolute Gasteiger partial charge is 0.407 e. The van der Waals surface area contributed by atoms with Gasteiger partial charge in [0.25, 0.3) is 8.32 Å². The molecule has 3 nitrogen and oxygen atoms in total. The summed E-state index contributed by atoms with van der Waals surface area (Å²) in [5.74, 6) is 0.516. The number of oxime groups is 1. The van der Waals surface area contributed by atoms with Crippen molar-refractivity contribution in [2.24, 2.45) is 11.1 Å². The van der Waals surface area contributed by atoms with Crippen LogP contribution < -0.4 is 10.4 Å². The minimum atomic E-state index is -2.45. The first-order valence-corrected chi connectivity index (χ1v) is 12.4. The number of rotatable bonds is 6. The van der Waals surface area contributed by atoms with Crippen LogP contribution in [0.1, 0.15) is 46.5 Å². The summed E-state index contributed by atoms with van der Waals surface area (Å²) >= 11 is 0. The van der Waals surface area contributed by atoms with Gasteiger partial charge in [-0.1, -0.05) is 86.6 Å². The van der Waals surface area contributed by atoms with E-state index in [2.05, 4.69) is 86.6 Å². The molecule has 2 atom stereocenters. The van der Waals surface area contributed by atoms with Crippen LogP contribution in [0, 0.1) is 5.92 Å². The average Bonchev–Trinajstić information content (AvgIpc) is 3.30. The zero-order valence-electron chi connectivity index (χ0n) is 17.2. The second kappa shape index (κ2) is 7.84. The van der Waals surface area contributed by atoms with Crippen molar-refractivity contribution >= 4 is 24.4 Å². The molecule has 0 radical (unpaired) electrons. The van der Waals surface area contributed by atoms with Crippen LogP contribution in [-0.2, 0) is 9.26 Å². The van der Waals surface area contributed by atoms with E-state index < -0.39 is 8.32 Å². The molecule has 1 aliphatic carbocycles. The second-order valence-electron chi connectivity index (χ2n) is 9.03. The molecule has 28 heavy (non-hydrogen) atoms. The Labute approximate surface area is 169 Å². The number of benzene rings is 2. The number of nitrogens with zero attached hydrogens (tertiary/aromatic N) is 1. The summed E-state index contributed by atoms with van der Waals surface area (Å²) < 4.78 is 6.98. The topological polar surface area (TPSA) is 30.8 Å². The Hall–Kier alpha value is -1.91. The van der Waals surface area contributed by atoms with Gasteiger partial charge in [0.1, 0.15) is 6.10 Å². The molecule has 2 aromatic rings. The molecule has 1 saturated carbocycles. The van der Waals surface area contributed by atoms with Crippen molar-refractivity contribution in [2.75, 3.05) is 6.61 Å². The van der Waals surface area contributed by atoms with E-state index in [1.54, 1.807) is 0 Å². The molecule has 1 aliphatic heterocycles. The second-order valence-corrected chi connectivity index (χ2v) is 13.3. The lowest BCUT2D eigenvalue weighted by Gasteiger charge is -2.43. The van der Waals surface area contributed by atoms with E-state index in [1.807, 2.05) is 0 Å². The van der Waals surface area contributed by atoms with Crippen molar-refractivity contribution in [2.45, 2.75) is 57.6 Å². The molecule has 0 unspecified atom stereocenters. The summed E-state index contributed by atoms with van der Waals surface area (Å²) in [5.41, 5.74) is 1.21. The predicted molar refractivity (Wildman–Crippen MR) is 118 cm³/mol. The van der Waals surface area contributed by atoms with Gasteiger partial charge in [0.05, 0.1) is 5.71 Å². The van der Waals surface area contributed by atoms with Crippen LogP contribution in [0.4, 0.5) is 0 Å². The number of hydrogen-bond donors (Lipinski definition) is 0. The highest BCUT2D eigenvalue weighted by Crippen LogP contribution is 2.38. The highest BCUT2D eigenvalue weighted by atomic mass is 28.4. The van der Waals surface area contributed by atoms with Crippen molar-refractivity contribution in [1.82, 2.24) is 0 Å². The lowest BCUT2D eigenvalue weighted by molar-refractivity contribution is 0.0746. The molecule has 0 bridgehead atoms. The quantitative estimate of drug-likeness (QED) is 0.676. The van der Waals surface area contributed by atoms with Gasteiger partial charge < -0.3 is 9.26 Å². The first-order valence-electron chi connectivity index (χ1n) is 10.5. The average molecular weight is 394 g/mol. The number of hydrogen-bond acceptors (Lipinski definition) is 3. The van der Waals surface area contributed by atoms with Crippen molar-refractivity contribution in [3.8, 4) is 0 Å². The maximum Gasteiger partial charge on any atom is 0.261 e. The van der Waals surface area contributed by atoms with Crippen LogP contribution in [0.5, 0.6) is 0 Å². The molecule has 4 heteroatoms. The monoisotopic (exact) mass is 393 g/mol. The molecule has 0 amide bonds. The molecule has 148 valence electrons. The molecule has 2 aromatic carbocycles. The third-order valence-corrected chi connectivity index (χ3v) is 11.3. The summed E-state index contributed by atoms with van der Waals surface area (Å²) in [6, 6.07) is 21.7. The SMILES string of the molecule is CC(C)(C)[Si](OCCC1=NO[C@@H]2CCC[C@H]12)(c1ccccc1)c1ccccc1. The van der Waals surface area contributed by atoms with Gasteiger partial charge >= 0.3 is 0 Å². The van der Waals surface area contributed by atoms with E-state index in [4.69, 9.17) is 9.26 Å². The van der Waals surface area contributed by atoms with E-state index in [0.29, 0.717) is 18.6 Å². The van der Waals surface area contributed by atoms with Crippen molar-refractivity contribution in [3.05, 3.63) is 60.7 Å². The highest BCUT2D eigenvalue weighted by molar-refractivity contribution is 6.99. The molecule has 0 saturated heterocycles. The van der Waals surface area contributed by atoms with Crippen LogP contribution in [-0.4, -0.2) is 26.7 Å². The van der Waals surface area contributed by atoms with Gasteiger partial charge in [0, 0.05) is 18.9 Å². The molecule has 0 N–H and O–H groups in total. The first kappa shape index (κ1) is 19.4. The van der Waals surface area contributed by atoms with Gasteiger partial charge in [-0.05, 0) is 34.7 Å². The Morgan fingerprint density at radius 1 is 0.964 bits per heavy atom. The third kappa shape index (κ3) is 3.44. The summed E-state index contributed by atoms with van der Waals surface area (Å²) in [6.07, 6.45) is 4.80. The fourth-order valence-corrected chi connectivity index (χ4v) is 9.50. The van der Waals surface area contributed by atoms with Gasteiger partial charge in [-0.15, -0.1) is 0 Å². The fourth-order valence-electron chi connectivity index (χ4n) is 4.94. The van der Waals surface area contributed by atoms with Gasteiger partial charge in [-0.25, -0.2) is 0 Å². The lowest BCUT2D eigenvalue weighted by atomic mass is 9.98. The van der Waals surface area contributed by atoms with Crippen LogP contribution in [0.3, 0.4) is 0 Å². The molecule has 4 rings (SSSR count). The van der Waals surface area contributed by atoms with Crippen LogP contribution >= 0.6 is 0 Å². The van der Waals surface area contributed by atoms with E-state index in [0.717, 1.165) is 12.8 Å². The Bertz CT molecular complexity index is 774. The maximum atomic E-state index is 6.98. The minimum Gasteiger partial charge on any atom is -0.407 e. The van der Waals surface area contributed by atoms with Crippen molar-refractivity contribution in [3.63, 3.8) is 0 Å². The zero-order chi connectivity index (χ0) is 19.6. The molecule has 2 aliphatic rings. The van der Waals surface area contributed by atoms with Crippen LogP contribution in [0.15, 0.2) is 65.8 Å². The minimum absolute atomic E-state index is 0.0135. The molecular formula is C24H31NO2Si. The van der Waals surface area contributed by atoms with E-state index in [1.165, 1.54) is 28.9 Å². The fraction of sp³-hybridized carbons (Fsp3) is 0.458. The molecule has 1 heterocycles. The Morgan fingerprint density at radius 3 is 2.14 bits per heavy atom. The smallest absolute Gasteiger partial charge is 0.261 e. The molecule has 0 aromatic heterocycles. The third-order valence-electron chi connectivity index (χ3n) is 6.28. The van der Waals surface area contributed by atoms with Crippen molar-refractivity contribution in [1.29, 1.82) is 0 Å². The van der Waals surface area contributed by atoms with Gasteiger partial charge in [0.2, 0.25) is 0 Å². The highest BCUT2D eigenvalue weighted by Gasteiger charge is 2.50. The number of fused-ring (bicyclic) bond motifs is 1. The zero-order valence-corrected chi connectivity index (χ0v) is 18.2. The predicted octanol–water partition coefficient (Wildman–Crippen LogP) is 4.51. The van der Waals surface area contributed by atoms with E-state index in [9.17, 15) is 0 Å². The Kier molecular flexibility index (Phi) is 5.43. The normalized spacial score (nSPS) is 21.9. The molecule has 1 fully saturated rings. The molecular weight excluding hydrogens is 362 g/mol. The van der Waals surface area contributed by atoms with Gasteiger partial charge in [0.15, 0.2) is 0 Å². The Balaban J connectivity index is 1.63. The summed E-state index contributed by atoms with van der Waals surface area (Å²) in [7, 11) is -2.45. The standard InChI is InChI=1S/C24H31NO2Si/c1-24(2,3)28(19-11-6-4-7-12-19,20-13-8-5-9-14-20)26-18-17-22-21-15-10-16-23(21)27-25-22/h4-9,11-14,21,23H,10,15-18H2,1-3H3/t21-,23-/m1/s1.